The van der Waals surface area contributed by atoms with Gasteiger partial charge in [-0.2, -0.15) is 0 Å². The van der Waals surface area contributed by atoms with Gasteiger partial charge in [0.25, 0.3) is 0 Å². The van der Waals surface area contributed by atoms with Gasteiger partial charge in [0, 0.05) is 17.8 Å². The van der Waals surface area contributed by atoms with Crippen LogP contribution in [0.25, 0.3) is 0 Å². The molecular formula is C12H19N. The summed E-state index contributed by atoms with van der Waals surface area (Å²) in [5, 5.41) is 0. The summed E-state index contributed by atoms with van der Waals surface area (Å²) in [6.45, 7) is 8.86. The van der Waals surface area contributed by atoms with Crippen molar-refractivity contribution in [2.45, 2.75) is 33.1 Å². The van der Waals surface area contributed by atoms with E-state index in [4.69, 9.17) is 0 Å². The molecule has 0 aliphatic carbocycles. The molecule has 0 aromatic carbocycles. The van der Waals surface area contributed by atoms with Crippen molar-refractivity contribution in [1.29, 1.82) is 0 Å². The largest absolute Gasteiger partial charge is 0.367 e. The van der Waals surface area contributed by atoms with Crippen LogP contribution in [0.3, 0.4) is 0 Å². The smallest absolute Gasteiger partial charge is 0.00903 e. The van der Waals surface area contributed by atoms with Crippen molar-refractivity contribution in [3.63, 3.8) is 0 Å². The maximum atomic E-state index is 3.09. The lowest BCUT2D eigenvalue weighted by Crippen LogP contribution is -2.12. The zero-order valence-electron chi connectivity index (χ0n) is 8.96. The van der Waals surface area contributed by atoms with Crippen LogP contribution < -0.4 is 0 Å². The van der Waals surface area contributed by atoms with Crippen LogP contribution in [0.1, 0.15) is 33.3 Å². The first kappa shape index (κ1) is 10.1. The minimum atomic E-state index is 0.143. The highest BCUT2D eigenvalue weighted by Crippen LogP contribution is 2.24. The molecule has 1 aromatic heterocycles. The van der Waals surface area contributed by atoms with Gasteiger partial charge >= 0.3 is 0 Å². The van der Waals surface area contributed by atoms with E-state index in [0.717, 1.165) is 0 Å². The SMILES string of the molecule is CC(C)/C=C/C(C)(C)c1cc[nH]c1. The minimum Gasteiger partial charge on any atom is -0.367 e. The van der Waals surface area contributed by atoms with Crippen LogP contribution >= 0.6 is 0 Å². The molecule has 0 bridgehead atoms. The van der Waals surface area contributed by atoms with E-state index in [2.05, 4.69) is 57.1 Å². The summed E-state index contributed by atoms with van der Waals surface area (Å²) in [4.78, 5) is 3.09. The van der Waals surface area contributed by atoms with E-state index in [-0.39, 0.29) is 5.41 Å². The maximum Gasteiger partial charge on any atom is 0.00903 e. The van der Waals surface area contributed by atoms with Crippen molar-refractivity contribution in [2.24, 2.45) is 5.92 Å². The quantitative estimate of drug-likeness (QED) is 0.680. The van der Waals surface area contributed by atoms with Crippen LogP contribution in [-0.2, 0) is 5.41 Å². The second kappa shape index (κ2) is 3.82. The third-order valence-corrected chi connectivity index (χ3v) is 2.24. The Balaban J connectivity index is 2.78. The second-order valence-electron chi connectivity index (χ2n) is 4.42. The third-order valence-electron chi connectivity index (χ3n) is 2.24. The zero-order chi connectivity index (χ0) is 9.90. The molecule has 13 heavy (non-hydrogen) atoms. The highest BCUT2D eigenvalue weighted by molar-refractivity contribution is 5.26. The summed E-state index contributed by atoms with van der Waals surface area (Å²) in [6, 6.07) is 2.13. The first-order valence-corrected chi connectivity index (χ1v) is 4.85. The fraction of sp³-hybridized carbons (Fsp3) is 0.500. The predicted octanol–water partition coefficient (Wildman–Crippen LogP) is 3.50. The van der Waals surface area contributed by atoms with E-state index in [0.29, 0.717) is 5.92 Å². The number of aromatic nitrogens is 1. The summed E-state index contributed by atoms with van der Waals surface area (Å²) < 4.78 is 0. The Morgan fingerprint density at radius 2 is 2.08 bits per heavy atom. The van der Waals surface area contributed by atoms with Crippen LogP contribution in [0.2, 0.25) is 0 Å². The van der Waals surface area contributed by atoms with Gasteiger partial charge in [0.05, 0.1) is 0 Å². The van der Waals surface area contributed by atoms with Gasteiger partial charge in [-0.3, -0.25) is 0 Å². The van der Waals surface area contributed by atoms with E-state index in [1.165, 1.54) is 5.56 Å². The molecule has 0 saturated carbocycles. The highest BCUT2D eigenvalue weighted by Gasteiger charge is 2.16. The number of aromatic amines is 1. The van der Waals surface area contributed by atoms with Crippen molar-refractivity contribution >= 4 is 0 Å². The summed E-state index contributed by atoms with van der Waals surface area (Å²) >= 11 is 0. The summed E-state index contributed by atoms with van der Waals surface area (Å²) in [7, 11) is 0. The maximum absolute atomic E-state index is 3.09. The molecule has 0 amide bonds. The Morgan fingerprint density at radius 3 is 2.54 bits per heavy atom. The van der Waals surface area contributed by atoms with Crippen molar-refractivity contribution in [3.8, 4) is 0 Å². The van der Waals surface area contributed by atoms with Gasteiger partial charge in [-0.15, -0.1) is 0 Å². The molecule has 0 aliphatic heterocycles. The average molecular weight is 177 g/mol. The summed E-state index contributed by atoms with van der Waals surface area (Å²) in [6.07, 6.45) is 8.57. The molecule has 1 heterocycles. The van der Waals surface area contributed by atoms with Crippen LogP contribution in [0, 0.1) is 5.92 Å². The highest BCUT2D eigenvalue weighted by atomic mass is 14.6. The fourth-order valence-corrected chi connectivity index (χ4v) is 1.25. The van der Waals surface area contributed by atoms with E-state index >= 15 is 0 Å². The van der Waals surface area contributed by atoms with Gasteiger partial charge in [0.1, 0.15) is 0 Å². The van der Waals surface area contributed by atoms with Crippen LogP contribution in [0.4, 0.5) is 0 Å². The molecule has 0 radical (unpaired) electrons. The minimum absolute atomic E-state index is 0.143. The lowest BCUT2D eigenvalue weighted by molar-refractivity contribution is 0.659. The predicted molar refractivity (Wildman–Crippen MR) is 57.8 cm³/mol. The molecule has 1 rings (SSSR count). The van der Waals surface area contributed by atoms with Crippen molar-refractivity contribution in [2.75, 3.05) is 0 Å². The van der Waals surface area contributed by atoms with E-state index < -0.39 is 0 Å². The van der Waals surface area contributed by atoms with E-state index in [1.54, 1.807) is 0 Å². The van der Waals surface area contributed by atoms with Crippen LogP contribution in [-0.4, -0.2) is 4.98 Å². The van der Waals surface area contributed by atoms with E-state index in [9.17, 15) is 0 Å². The molecule has 1 nitrogen and oxygen atoms in total. The van der Waals surface area contributed by atoms with Gasteiger partial charge in [-0.25, -0.2) is 0 Å². The number of nitrogens with one attached hydrogen (secondary N) is 1. The fourth-order valence-electron chi connectivity index (χ4n) is 1.25. The first-order valence-electron chi connectivity index (χ1n) is 4.85. The Bertz CT molecular complexity index is 265. The molecule has 1 heteroatoms. The van der Waals surface area contributed by atoms with Crippen LogP contribution in [0.5, 0.6) is 0 Å². The zero-order valence-corrected chi connectivity index (χ0v) is 8.96. The second-order valence-corrected chi connectivity index (χ2v) is 4.42. The van der Waals surface area contributed by atoms with Gasteiger partial charge in [-0.1, -0.05) is 39.8 Å². The number of rotatable bonds is 3. The Morgan fingerprint density at radius 1 is 1.38 bits per heavy atom. The first-order chi connectivity index (χ1) is 6.02. The Kier molecular flexibility index (Phi) is 2.97. The molecule has 1 N–H and O–H groups in total. The standard InChI is InChI=1S/C12H19N/c1-10(2)5-7-12(3,4)11-6-8-13-9-11/h5-10,13H,1-4H3/b7-5+. The average Bonchev–Trinajstić information content (AvgIpc) is 2.53. The van der Waals surface area contributed by atoms with Gasteiger partial charge in [0.2, 0.25) is 0 Å². The van der Waals surface area contributed by atoms with Crippen molar-refractivity contribution in [3.05, 3.63) is 36.2 Å². The van der Waals surface area contributed by atoms with Gasteiger partial charge < -0.3 is 4.98 Å². The van der Waals surface area contributed by atoms with Gasteiger partial charge in [-0.05, 0) is 17.5 Å². The molecule has 0 aliphatic rings. The molecule has 1 aromatic rings. The molecular weight excluding hydrogens is 158 g/mol. The molecule has 0 fully saturated rings. The van der Waals surface area contributed by atoms with Crippen LogP contribution in [0.15, 0.2) is 30.6 Å². The van der Waals surface area contributed by atoms with Crippen molar-refractivity contribution < 1.29 is 0 Å². The number of allylic oxidation sites excluding steroid dienone is 2. The number of hydrogen-bond acceptors (Lipinski definition) is 0. The normalized spacial score (nSPS) is 13.0. The van der Waals surface area contributed by atoms with Crippen molar-refractivity contribution in [1.82, 2.24) is 4.98 Å². The monoisotopic (exact) mass is 177 g/mol. The third kappa shape index (κ3) is 2.76. The summed E-state index contributed by atoms with van der Waals surface area (Å²) in [5.41, 5.74) is 1.48. The summed E-state index contributed by atoms with van der Waals surface area (Å²) in [5.74, 6) is 0.623. The Labute approximate surface area is 80.9 Å². The van der Waals surface area contributed by atoms with Gasteiger partial charge in [0.15, 0.2) is 0 Å². The lowest BCUT2D eigenvalue weighted by atomic mass is 9.85. The number of hydrogen-bond donors (Lipinski definition) is 1. The Hall–Kier alpha value is -0.980. The molecule has 0 saturated heterocycles. The topological polar surface area (TPSA) is 15.8 Å². The number of H-pyrrole nitrogens is 1. The van der Waals surface area contributed by atoms with E-state index in [1.807, 2.05) is 6.20 Å². The molecule has 72 valence electrons. The molecule has 0 unspecified atom stereocenters. The lowest BCUT2D eigenvalue weighted by Gasteiger charge is -2.19. The molecule has 0 spiro atoms. The molecule has 0 atom stereocenters.